The van der Waals surface area contributed by atoms with Gasteiger partial charge in [0.15, 0.2) is 0 Å². The van der Waals surface area contributed by atoms with Crippen molar-refractivity contribution < 1.29 is 14.7 Å². The van der Waals surface area contributed by atoms with Crippen LogP contribution in [0.4, 0.5) is 4.79 Å². The quantitative estimate of drug-likeness (QED) is 0.820. The van der Waals surface area contributed by atoms with E-state index in [0.717, 1.165) is 24.7 Å². The average molecular weight is 268 g/mol. The van der Waals surface area contributed by atoms with Gasteiger partial charge in [-0.1, -0.05) is 19.3 Å². The van der Waals surface area contributed by atoms with Crippen molar-refractivity contribution >= 4 is 12.0 Å². The molecule has 3 unspecified atom stereocenters. The molecule has 2 saturated carbocycles. The third-order valence-corrected chi connectivity index (χ3v) is 4.63. The first kappa shape index (κ1) is 14.2. The predicted molar refractivity (Wildman–Crippen MR) is 71.9 cm³/mol. The van der Waals surface area contributed by atoms with Crippen LogP contribution in [-0.4, -0.2) is 41.6 Å². The van der Waals surface area contributed by atoms with Crippen LogP contribution in [0, 0.1) is 11.8 Å². The molecule has 19 heavy (non-hydrogen) atoms. The first-order valence-electron chi connectivity index (χ1n) is 7.29. The summed E-state index contributed by atoms with van der Waals surface area (Å²) in [7, 11) is 1.65. The van der Waals surface area contributed by atoms with Crippen LogP contribution in [0.3, 0.4) is 0 Å². The third kappa shape index (κ3) is 3.85. The van der Waals surface area contributed by atoms with Crippen molar-refractivity contribution in [1.29, 1.82) is 0 Å². The molecule has 3 atom stereocenters. The van der Waals surface area contributed by atoms with E-state index in [4.69, 9.17) is 5.11 Å². The summed E-state index contributed by atoms with van der Waals surface area (Å²) in [6.45, 7) is 0.264. The zero-order chi connectivity index (χ0) is 13.8. The Balaban J connectivity index is 1.74. The van der Waals surface area contributed by atoms with Crippen LogP contribution in [0.2, 0.25) is 0 Å². The van der Waals surface area contributed by atoms with Crippen LogP contribution in [0.15, 0.2) is 0 Å². The van der Waals surface area contributed by atoms with E-state index in [9.17, 15) is 9.59 Å². The molecule has 2 N–H and O–H groups in total. The second-order valence-corrected chi connectivity index (χ2v) is 5.98. The fourth-order valence-electron chi connectivity index (χ4n) is 3.48. The monoisotopic (exact) mass is 268 g/mol. The second-order valence-electron chi connectivity index (χ2n) is 5.98. The van der Waals surface area contributed by atoms with Crippen molar-refractivity contribution in [2.45, 2.75) is 51.0 Å². The van der Waals surface area contributed by atoms with Crippen molar-refractivity contribution in [3.8, 4) is 0 Å². The van der Waals surface area contributed by atoms with E-state index in [2.05, 4.69) is 5.32 Å². The summed E-state index contributed by atoms with van der Waals surface area (Å²) in [5.41, 5.74) is 0. The maximum Gasteiger partial charge on any atom is 0.317 e. The van der Waals surface area contributed by atoms with E-state index in [1.54, 1.807) is 7.05 Å². The number of nitrogens with zero attached hydrogens (tertiary/aromatic N) is 1. The van der Waals surface area contributed by atoms with Gasteiger partial charge >= 0.3 is 12.0 Å². The van der Waals surface area contributed by atoms with Crippen LogP contribution in [0.5, 0.6) is 0 Å². The number of hydrogen-bond donors (Lipinski definition) is 2. The van der Waals surface area contributed by atoms with Crippen molar-refractivity contribution in [1.82, 2.24) is 10.2 Å². The zero-order valence-electron chi connectivity index (χ0n) is 11.6. The molecule has 0 bridgehead atoms. The fraction of sp³-hybridized carbons (Fsp3) is 0.857. The lowest BCUT2D eigenvalue weighted by Crippen LogP contribution is -2.46. The highest BCUT2D eigenvalue weighted by molar-refractivity contribution is 5.75. The number of aliphatic carboxylic acids is 1. The van der Waals surface area contributed by atoms with E-state index >= 15 is 0 Å². The Kier molecular flexibility index (Phi) is 4.66. The lowest BCUT2D eigenvalue weighted by atomic mass is 9.79. The van der Waals surface area contributed by atoms with Gasteiger partial charge < -0.3 is 15.3 Å². The Labute approximate surface area is 114 Å². The topological polar surface area (TPSA) is 69.6 Å². The van der Waals surface area contributed by atoms with Crippen LogP contribution >= 0.6 is 0 Å². The van der Waals surface area contributed by atoms with Crippen LogP contribution in [0.1, 0.15) is 44.9 Å². The Hall–Kier alpha value is -1.26. The standard InChI is InChI=1S/C14H24N2O3/c1-16(8-7-13(17)18)14(19)15-12-6-5-10-3-2-4-11(10)9-12/h10-12H,2-9H2,1H3,(H,15,19)(H,17,18). The number of carbonyl (C=O) groups excluding carboxylic acids is 1. The molecule has 0 spiro atoms. The molecule has 0 heterocycles. The molecule has 0 radical (unpaired) electrons. The largest absolute Gasteiger partial charge is 0.481 e. The van der Waals surface area contributed by atoms with Crippen molar-refractivity contribution in [2.75, 3.05) is 13.6 Å². The van der Waals surface area contributed by atoms with Crippen molar-refractivity contribution in [3.05, 3.63) is 0 Å². The maximum atomic E-state index is 11.9. The van der Waals surface area contributed by atoms with E-state index in [0.29, 0.717) is 0 Å². The molecule has 0 aromatic heterocycles. The van der Waals surface area contributed by atoms with Gasteiger partial charge in [0.1, 0.15) is 0 Å². The maximum absolute atomic E-state index is 11.9. The highest BCUT2D eigenvalue weighted by Gasteiger charge is 2.34. The molecule has 5 heteroatoms. The Morgan fingerprint density at radius 3 is 2.68 bits per heavy atom. The number of urea groups is 1. The molecule has 5 nitrogen and oxygen atoms in total. The summed E-state index contributed by atoms with van der Waals surface area (Å²) in [5.74, 6) is 0.812. The minimum Gasteiger partial charge on any atom is -0.481 e. The van der Waals surface area contributed by atoms with Gasteiger partial charge in [-0.15, -0.1) is 0 Å². The lowest BCUT2D eigenvalue weighted by Gasteiger charge is -2.33. The van der Waals surface area contributed by atoms with Crippen molar-refractivity contribution in [3.63, 3.8) is 0 Å². The Bertz CT molecular complexity index is 346. The number of carboxylic acid groups (broad SMARTS) is 1. The molecule has 2 amide bonds. The summed E-state index contributed by atoms with van der Waals surface area (Å²) in [4.78, 5) is 23.9. The third-order valence-electron chi connectivity index (χ3n) is 4.63. The van der Waals surface area contributed by atoms with Gasteiger partial charge in [-0.2, -0.15) is 0 Å². The second kappa shape index (κ2) is 6.26. The molecule has 2 fully saturated rings. The molecule has 0 aromatic carbocycles. The molecular formula is C14H24N2O3. The number of nitrogens with one attached hydrogen (secondary N) is 1. The lowest BCUT2D eigenvalue weighted by molar-refractivity contribution is -0.137. The molecule has 0 aromatic rings. The first-order valence-corrected chi connectivity index (χ1v) is 7.29. The highest BCUT2D eigenvalue weighted by atomic mass is 16.4. The predicted octanol–water partition coefficient (Wildman–Crippen LogP) is 2.07. The number of fused-ring (bicyclic) bond motifs is 1. The molecular weight excluding hydrogens is 244 g/mol. The van der Waals surface area contributed by atoms with Gasteiger partial charge in [0.2, 0.25) is 0 Å². The molecule has 2 rings (SSSR count). The SMILES string of the molecule is CN(CCC(=O)O)C(=O)NC1CCC2CCCC2C1. The van der Waals surface area contributed by atoms with Crippen LogP contribution in [0.25, 0.3) is 0 Å². The normalized spacial score (nSPS) is 29.6. The van der Waals surface area contributed by atoms with Gasteiger partial charge in [0, 0.05) is 19.6 Å². The van der Waals surface area contributed by atoms with Gasteiger partial charge in [-0.3, -0.25) is 4.79 Å². The Morgan fingerprint density at radius 1 is 1.21 bits per heavy atom. The van der Waals surface area contributed by atoms with E-state index < -0.39 is 5.97 Å². The molecule has 2 aliphatic rings. The molecule has 0 aliphatic heterocycles. The van der Waals surface area contributed by atoms with E-state index in [1.165, 1.54) is 30.6 Å². The van der Waals surface area contributed by atoms with Crippen LogP contribution in [-0.2, 0) is 4.79 Å². The highest BCUT2D eigenvalue weighted by Crippen LogP contribution is 2.42. The molecule has 2 aliphatic carbocycles. The number of carboxylic acids is 1. The summed E-state index contributed by atoms with van der Waals surface area (Å²) in [5, 5.41) is 11.7. The summed E-state index contributed by atoms with van der Waals surface area (Å²) in [6, 6.07) is 0.141. The van der Waals surface area contributed by atoms with E-state index in [-0.39, 0.29) is 25.0 Å². The summed E-state index contributed by atoms with van der Waals surface area (Å²) in [6.07, 6.45) is 7.42. The van der Waals surface area contributed by atoms with Crippen LogP contribution < -0.4 is 5.32 Å². The average Bonchev–Trinajstić information content (AvgIpc) is 2.83. The van der Waals surface area contributed by atoms with Gasteiger partial charge in [0.05, 0.1) is 6.42 Å². The smallest absolute Gasteiger partial charge is 0.317 e. The van der Waals surface area contributed by atoms with Gasteiger partial charge in [-0.05, 0) is 31.1 Å². The van der Waals surface area contributed by atoms with Gasteiger partial charge in [0.25, 0.3) is 0 Å². The molecule has 108 valence electrons. The Morgan fingerprint density at radius 2 is 1.95 bits per heavy atom. The number of hydrogen-bond acceptors (Lipinski definition) is 2. The number of amides is 2. The minimum absolute atomic E-state index is 0.000709. The summed E-state index contributed by atoms with van der Waals surface area (Å²) >= 11 is 0. The first-order chi connectivity index (χ1) is 9.06. The number of rotatable bonds is 4. The van der Waals surface area contributed by atoms with Gasteiger partial charge in [-0.25, -0.2) is 4.79 Å². The minimum atomic E-state index is -0.869. The zero-order valence-corrected chi connectivity index (χ0v) is 11.6. The molecule has 0 saturated heterocycles. The van der Waals surface area contributed by atoms with Crippen molar-refractivity contribution in [2.24, 2.45) is 11.8 Å². The number of carbonyl (C=O) groups is 2. The fourth-order valence-corrected chi connectivity index (χ4v) is 3.48. The van der Waals surface area contributed by atoms with E-state index in [1.807, 2.05) is 0 Å². The summed E-state index contributed by atoms with van der Waals surface area (Å²) < 4.78 is 0.